The van der Waals surface area contributed by atoms with Gasteiger partial charge in [0.2, 0.25) is 0 Å². The molecule has 88 valence electrons. The Kier molecular flexibility index (Phi) is 3.82. The highest BCUT2D eigenvalue weighted by atomic mass is 79.9. The SMILES string of the molecule is Cc1cccc(N2CC(CBr)OCC2C)n1. The monoisotopic (exact) mass is 284 g/mol. The van der Waals surface area contributed by atoms with Crippen molar-refractivity contribution in [1.29, 1.82) is 0 Å². The van der Waals surface area contributed by atoms with Gasteiger partial charge in [-0.25, -0.2) is 4.98 Å². The standard InChI is InChI=1S/C12H17BrN2O/c1-9-4-3-5-12(14-9)15-7-11(6-13)16-8-10(15)2/h3-5,10-11H,6-8H2,1-2H3. The number of rotatable bonds is 2. The van der Waals surface area contributed by atoms with Crippen molar-refractivity contribution in [2.45, 2.75) is 26.0 Å². The maximum Gasteiger partial charge on any atom is 0.129 e. The van der Waals surface area contributed by atoms with E-state index >= 15 is 0 Å². The van der Waals surface area contributed by atoms with Crippen molar-refractivity contribution < 1.29 is 4.74 Å². The number of ether oxygens (including phenoxy) is 1. The number of morpholine rings is 1. The number of hydrogen-bond acceptors (Lipinski definition) is 3. The number of hydrogen-bond donors (Lipinski definition) is 0. The molecule has 2 heterocycles. The number of nitrogens with zero attached hydrogens (tertiary/aromatic N) is 2. The van der Waals surface area contributed by atoms with Gasteiger partial charge in [-0.2, -0.15) is 0 Å². The van der Waals surface area contributed by atoms with Crippen molar-refractivity contribution in [3.05, 3.63) is 23.9 Å². The van der Waals surface area contributed by atoms with Crippen molar-refractivity contribution in [2.75, 3.05) is 23.4 Å². The van der Waals surface area contributed by atoms with E-state index in [0.29, 0.717) is 6.04 Å². The summed E-state index contributed by atoms with van der Waals surface area (Å²) in [7, 11) is 0. The molecule has 1 aliphatic rings. The molecule has 0 spiro atoms. The van der Waals surface area contributed by atoms with Crippen LogP contribution in [0.25, 0.3) is 0 Å². The molecule has 0 bridgehead atoms. The van der Waals surface area contributed by atoms with Crippen LogP contribution in [0.15, 0.2) is 18.2 Å². The summed E-state index contributed by atoms with van der Waals surface area (Å²) < 4.78 is 5.71. The van der Waals surface area contributed by atoms with Gasteiger partial charge >= 0.3 is 0 Å². The number of pyridine rings is 1. The Hall–Kier alpha value is -0.610. The van der Waals surface area contributed by atoms with Gasteiger partial charge in [-0.15, -0.1) is 0 Å². The van der Waals surface area contributed by atoms with E-state index in [4.69, 9.17) is 4.74 Å². The van der Waals surface area contributed by atoms with Crippen LogP contribution in [-0.4, -0.2) is 35.6 Å². The minimum absolute atomic E-state index is 0.263. The van der Waals surface area contributed by atoms with Crippen molar-refractivity contribution in [2.24, 2.45) is 0 Å². The van der Waals surface area contributed by atoms with E-state index < -0.39 is 0 Å². The first-order chi connectivity index (χ1) is 7.70. The summed E-state index contributed by atoms with van der Waals surface area (Å²) in [6.45, 7) is 5.87. The molecule has 1 aliphatic heterocycles. The van der Waals surface area contributed by atoms with Gasteiger partial charge in [-0.05, 0) is 26.0 Å². The molecule has 0 N–H and O–H groups in total. The molecule has 1 aromatic rings. The summed E-state index contributed by atoms with van der Waals surface area (Å²) in [5.41, 5.74) is 1.06. The van der Waals surface area contributed by atoms with Gasteiger partial charge in [0, 0.05) is 17.6 Å². The van der Waals surface area contributed by atoms with E-state index in [1.807, 2.05) is 13.0 Å². The molecule has 0 aliphatic carbocycles. The summed E-state index contributed by atoms with van der Waals surface area (Å²) in [6, 6.07) is 6.55. The first-order valence-corrected chi connectivity index (χ1v) is 6.70. The van der Waals surface area contributed by atoms with Gasteiger partial charge in [0.05, 0.1) is 18.8 Å². The Morgan fingerprint density at radius 3 is 3.06 bits per heavy atom. The summed E-state index contributed by atoms with van der Waals surface area (Å²) in [5.74, 6) is 1.06. The van der Waals surface area contributed by atoms with E-state index in [0.717, 1.165) is 30.0 Å². The average molecular weight is 285 g/mol. The van der Waals surface area contributed by atoms with Gasteiger partial charge in [0.15, 0.2) is 0 Å². The topological polar surface area (TPSA) is 25.4 Å². The lowest BCUT2D eigenvalue weighted by Crippen LogP contribution is -2.49. The summed E-state index contributed by atoms with van der Waals surface area (Å²) in [4.78, 5) is 6.89. The third-order valence-corrected chi connectivity index (χ3v) is 3.57. The van der Waals surface area contributed by atoms with Crippen LogP contribution in [0, 0.1) is 6.92 Å². The van der Waals surface area contributed by atoms with Gasteiger partial charge in [0.1, 0.15) is 5.82 Å². The van der Waals surface area contributed by atoms with Crippen LogP contribution in [0.1, 0.15) is 12.6 Å². The molecule has 16 heavy (non-hydrogen) atoms. The fraction of sp³-hybridized carbons (Fsp3) is 0.583. The highest BCUT2D eigenvalue weighted by Gasteiger charge is 2.26. The molecule has 2 atom stereocenters. The molecule has 2 rings (SSSR count). The molecule has 0 radical (unpaired) electrons. The molecular formula is C12H17BrN2O. The zero-order valence-corrected chi connectivity index (χ0v) is 11.3. The second-order valence-electron chi connectivity index (χ2n) is 4.25. The zero-order chi connectivity index (χ0) is 11.5. The predicted molar refractivity (Wildman–Crippen MR) is 69.3 cm³/mol. The minimum Gasteiger partial charge on any atom is -0.373 e. The molecule has 1 fully saturated rings. The van der Waals surface area contributed by atoms with E-state index in [-0.39, 0.29) is 6.10 Å². The van der Waals surface area contributed by atoms with Crippen molar-refractivity contribution in [3.8, 4) is 0 Å². The second-order valence-corrected chi connectivity index (χ2v) is 4.90. The third kappa shape index (κ3) is 2.55. The van der Waals surface area contributed by atoms with Crippen molar-refractivity contribution >= 4 is 21.7 Å². The lowest BCUT2D eigenvalue weighted by Gasteiger charge is -2.38. The Bertz CT molecular complexity index is 359. The van der Waals surface area contributed by atoms with Crippen LogP contribution in [0.2, 0.25) is 0 Å². The van der Waals surface area contributed by atoms with Gasteiger partial charge in [0.25, 0.3) is 0 Å². The Morgan fingerprint density at radius 2 is 2.38 bits per heavy atom. The first kappa shape index (κ1) is 11.9. The molecule has 2 unspecified atom stereocenters. The highest BCUT2D eigenvalue weighted by Crippen LogP contribution is 2.20. The molecule has 4 heteroatoms. The summed E-state index contributed by atoms with van der Waals surface area (Å²) >= 11 is 3.47. The molecule has 0 saturated carbocycles. The van der Waals surface area contributed by atoms with Gasteiger partial charge in [-0.3, -0.25) is 0 Å². The van der Waals surface area contributed by atoms with Crippen LogP contribution >= 0.6 is 15.9 Å². The number of aryl methyl sites for hydroxylation is 1. The lowest BCUT2D eigenvalue weighted by atomic mass is 10.2. The highest BCUT2D eigenvalue weighted by molar-refractivity contribution is 9.09. The smallest absolute Gasteiger partial charge is 0.129 e. The van der Waals surface area contributed by atoms with Crippen LogP contribution in [0.5, 0.6) is 0 Å². The molecule has 0 amide bonds. The number of alkyl halides is 1. The first-order valence-electron chi connectivity index (χ1n) is 5.58. The molecule has 3 nitrogen and oxygen atoms in total. The number of anilines is 1. The minimum atomic E-state index is 0.263. The Balaban J connectivity index is 2.17. The molecule has 0 aromatic carbocycles. The fourth-order valence-corrected chi connectivity index (χ4v) is 2.31. The van der Waals surface area contributed by atoms with E-state index in [9.17, 15) is 0 Å². The van der Waals surface area contributed by atoms with Crippen LogP contribution in [-0.2, 0) is 4.74 Å². The molecule has 1 saturated heterocycles. The van der Waals surface area contributed by atoms with Gasteiger partial charge in [-0.1, -0.05) is 22.0 Å². The lowest BCUT2D eigenvalue weighted by molar-refractivity contribution is 0.0376. The zero-order valence-electron chi connectivity index (χ0n) is 9.69. The summed E-state index contributed by atoms with van der Waals surface area (Å²) in [6.07, 6.45) is 0.263. The van der Waals surface area contributed by atoms with Crippen LogP contribution in [0.3, 0.4) is 0 Å². The average Bonchev–Trinajstić information content (AvgIpc) is 2.30. The largest absolute Gasteiger partial charge is 0.373 e. The fourth-order valence-electron chi connectivity index (χ4n) is 1.92. The Labute approximate surface area is 105 Å². The normalized spacial score (nSPS) is 25.8. The quantitative estimate of drug-likeness (QED) is 0.780. The maximum atomic E-state index is 5.71. The van der Waals surface area contributed by atoms with Crippen molar-refractivity contribution in [3.63, 3.8) is 0 Å². The maximum absolute atomic E-state index is 5.71. The number of halogens is 1. The van der Waals surface area contributed by atoms with E-state index in [1.54, 1.807) is 0 Å². The third-order valence-electron chi connectivity index (χ3n) is 2.85. The van der Waals surface area contributed by atoms with E-state index in [2.05, 4.69) is 44.9 Å². The van der Waals surface area contributed by atoms with Crippen molar-refractivity contribution in [1.82, 2.24) is 4.98 Å². The van der Waals surface area contributed by atoms with Crippen LogP contribution < -0.4 is 4.90 Å². The second kappa shape index (κ2) is 5.15. The molecule has 1 aromatic heterocycles. The predicted octanol–water partition coefficient (Wildman–Crippen LogP) is 2.38. The van der Waals surface area contributed by atoms with E-state index in [1.165, 1.54) is 0 Å². The van der Waals surface area contributed by atoms with Crippen LogP contribution in [0.4, 0.5) is 5.82 Å². The number of aromatic nitrogens is 1. The Morgan fingerprint density at radius 1 is 1.56 bits per heavy atom. The summed E-state index contributed by atoms with van der Waals surface area (Å²) in [5, 5.41) is 0.877. The molecular weight excluding hydrogens is 268 g/mol. The van der Waals surface area contributed by atoms with Gasteiger partial charge < -0.3 is 9.64 Å².